The van der Waals surface area contributed by atoms with Crippen LogP contribution in [-0.2, 0) is 12.0 Å². The number of hydrogen-bond acceptors (Lipinski definition) is 2. The summed E-state index contributed by atoms with van der Waals surface area (Å²) in [7, 11) is 0. The Labute approximate surface area is 132 Å². The van der Waals surface area contributed by atoms with E-state index in [1.165, 1.54) is 0 Å². The van der Waals surface area contributed by atoms with Crippen molar-refractivity contribution in [3.05, 3.63) is 54.1 Å². The maximum Gasteiger partial charge on any atom is 0.0930 e. The van der Waals surface area contributed by atoms with Crippen LogP contribution >= 0.6 is 54.8 Å². The molecule has 2 rings (SSSR count). The summed E-state index contributed by atoms with van der Waals surface area (Å²) in [4.78, 5) is 1.12. The molecule has 0 amide bonds. The SMILES string of the molecule is CC(O)(Cc1cc(Br)cs1)c1ccc(Br)cc1Cl. The Morgan fingerprint density at radius 1 is 1.28 bits per heavy atom. The Morgan fingerprint density at radius 2 is 2.00 bits per heavy atom. The van der Waals surface area contributed by atoms with Gasteiger partial charge >= 0.3 is 0 Å². The zero-order valence-electron chi connectivity index (χ0n) is 9.58. The Kier molecular flexibility index (Phi) is 4.55. The van der Waals surface area contributed by atoms with Gasteiger partial charge in [0, 0.05) is 36.2 Å². The molecule has 1 heterocycles. The van der Waals surface area contributed by atoms with Crippen molar-refractivity contribution in [3.63, 3.8) is 0 Å². The molecule has 1 unspecified atom stereocenters. The molecule has 5 heteroatoms. The molecule has 18 heavy (non-hydrogen) atoms. The average molecular weight is 411 g/mol. The highest BCUT2D eigenvalue weighted by Crippen LogP contribution is 2.34. The fourth-order valence-electron chi connectivity index (χ4n) is 1.81. The number of benzene rings is 1. The van der Waals surface area contributed by atoms with Gasteiger partial charge in [-0.05, 0) is 41.1 Å². The van der Waals surface area contributed by atoms with E-state index in [1.54, 1.807) is 24.3 Å². The smallest absolute Gasteiger partial charge is 0.0930 e. The van der Waals surface area contributed by atoms with Crippen LogP contribution in [0.15, 0.2) is 38.6 Å². The maximum absolute atomic E-state index is 10.6. The van der Waals surface area contributed by atoms with Gasteiger partial charge in [0.15, 0.2) is 0 Å². The van der Waals surface area contributed by atoms with Crippen LogP contribution in [0.3, 0.4) is 0 Å². The van der Waals surface area contributed by atoms with Crippen molar-refractivity contribution in [1.29, 1.82) is 0 Å². The fraction of sp³-hybridized carbons (Fsp3) is 0.231. The molecule has 1 atom stereocenters. The second-order valence-electron chi connectivity index (χ2n) is 4.31. The van der Waals surface area contributed by atoms with Crippen LogP contribution in [-0.4, -0.2) is 5.11 Å². The lowest BCUT2D eigenvalue weighted by molar-refractivity contribution is 0.0586. The summed E-state index contributed by atoms with van der Waals surface area (Å²) < 4.78 is 1.95. The van der Waals surface area contributed by atoms with Gasteiger partial charge in [0.05, 0.1) is 5.60 Å². The summed E-state index contributed by atoms with van der Waals surface area (Å²) in [5.74, 6) is 0. The molecular weight excluding hydrogens is 399 g/mol. The number of thiophene rings is 1. The van der Waals surface area contributed by atoms with Gasteiger partial charge in [-0.2, -0.15) is 0 Å². The monoisotopic (exact) mass is 408 g/mol. The molecule has 1 nitrogen and oxygen atoms in total. The van der Waals surface area contributed by atoms with Crippen LogP contribution in [0.2, 0.25) is 5.02 Å². The van der Waals surface area contributed by atoms with Crippen molar-refractivity contribution in [3.8, 4) is 0 Å². The molecule has 0 radical (unpaired) electrons. The zero-order valence-corrected chi connectivity index (χ0v) is 14.3. The first-order valence-corrected chi connectivity index (χ1v) is 8.14. The third-order valence-electron chi connectivity index (χ3n) is 2.65. The maximum atomic E-state index is 10.6. The largest absolute Gasteiger partial charge is 0.385 e. The summed E-state index contributed by atoms with van der Waals surface area (Å²) in [6.07, 6.45) is 0.546. The van der Waals surface area contributed by atoms with Crippen molar-refractivity contribution in [2.45, 2.75) is 18.9 Å². The molecule has 0 saturated carbocycles. The van der Waals surface area contributed by atoms with E-state index in [4.69, 9.17) is 11.6 Å². The standard InChI is InChI=1S/C13H11Br2ClOS/c1-13(17,6-10-4-9(15)7-18-10)11-3-2-8(14)5-12(11)16/h2-5,7,17H,6H2,1H3. The van der Waals surface area contributed by atoms with E-state index < -0.39 is 5.60 Å². The summed E-state index contributed by atoms with van der Waals surface area (Å²) >= 11 is 14.6. The summed E-state index contributed by atoms with van der Waals surface area (Å²) in [5, 5.41) is 13.2. The number of aliphatic hydroxyl groups is 1. The van der Waals surface area contributed by atoms with E-state index in [2.05, 4.69) is 31.9 Å². The highest BCUT2D eigenvalue weighted by atomic mass is 79.9. The molecule has 0 spiro atoms. The van der Waals surface area contributed by atoms with Crippen LogP contribution in [0.4, 0.5) is 0 Å². The Bertz CT molecular complexity index is 566. The fourth-order valence-corrected chi connectivity index (χ4v) is 4.28. The predicted molar refractivity (Wildman–Crippen MR) is 84.4 cm³/mol. The zero-order chi connectivity index (χ0) is 13.3. The number of hydrogen-bond donors (Lipinski definition) is 1. The van der Waals surface area contributed by atoms with Gasteiger partial charge in [0.1, 0.15) is 0 Å². The van der Waals surface area contributed by atoms with Crippen LogP contribution < -0.4 is 0 Å². The highest BCUT2D eigenvalue weighted by Gasteiger charge is 2.26. The molecule has 1 N–H and O–H groups in total. The summed E-state index contributed by atoms with van der Waals surface area (Å²) in [5.41, 5.74) is -0.223. The van der Waals surface area contributed by atoms with E-state index in [0.717, 1.165) is 19.4 Å². The van der Waals surface area contributed by atoms with Crippen LogP contribution in [0.5, 0.6) is 0 Å². The lowest BCUT2D eigenvalue weighted by atomic mass is 9.92. The van der Waals surface area contributed by atoms with Crippen LogP contribution in [0, 0.1) is 0 Å². The van der Waals surface area contributed by atoms with Crippen molar-refractivity contribution < 1.29 is 5.11 Å². The van der Waals surface area contributed by atoms with E-state index in [1.807, 2.05) is 23.6 Å². The third-order valence-corrected chi connectivity index (χ3v) is 5.16. The van der Waals surface area contributed by atoms with Gasteiger partial charge in [0.25, 0.3) is 0 Å². The second-order valence-corrected chi connectivity index (χ2v) is 7.54. The van der Waals surface area contributed by atoms with Crippen molar-refractivity contribution in [2.75, 3.05) is 0 Å². The minimum absolute atomic E-state index is 0.546. The van der Waals surface area contributed by atoms with E-state index in [0.29, 0.717) is 11.4 Å². The number of rotatable bonds is 3. The topological polar surface area (TPSA) is 20.2 Å². The quantitative estimate of drug-likeness (QED) is 0.721. The van der Waals surface area contributed by atoms with E-state index in [-0.39, 0.29) is 0 Å². The van der Waals surface area contributed by atoms with E-state index >= 15 is 0 Å². The molecule has 1 aromatic carbocycles. The normalized spacial score (nSPS) is 14.5. The van der Waals surface area contributed by atoms with Crippen LogP contribution in [0.25, 0.3) is 0 Å². The first kappa shape index (κ1) is 14.5. The van der Waals surface area contributed by atoms with E-state index in [9.17, 15) is 5.11 Å². The third kappa shape index (κ3) is 3.36. The predicted octanol–water partition coefficient (Wildman–Crippen LogP) is 5.38. The van der Waals surface area contributed by atoms with Crippen molar-refractivity contribution in [2.24, 2.45) is 0 Å². The van der Waals surface area contributed by atoms with Crippen LogP contribution in [0.1, 0.15) is 17.4 Å². The number of halogens is 3. The highest BCUT2D eigenvalue weighted by molar-refractivity contribution is 9.10. The van der Waals surface area contributed by atoms with Gasteiger partial charge in [0.2, 0.25) is 0 Å². The van der Waals surface area contributed by atoms with Crippen molar-refractivity contribution in [1.82, 2.24) is 0 Å². The molecule has 0 aliphatic rings. The molecule has 0 saturated heterocycles. The summed E-state index contributed by atoms with van der Waals surface area (Å²) in [6, 6.07) is 7.57. The van der Waals surface area contributed by atoms with Crippen molar-refractivity contribution >= 4 is 54.8 Å². The second kappa shape index (κ2) is 5.63. The van der Waals surface area contributed by atoms with Gasteiger partial charge in [-0.3, -0.25) is 0 Å². The molecule has 0 bridgehead atoms. The Hall–Kier alpha value is 0.130. The average Bonchev–Trinajstić information content (AvgIpc) is 2.62. The summed E-state index contributed by atoms with van der Waals surface area (Å²) in [6.45, 7) is 1.79. The Morgan fingerprint density at radius 3 is 2.56 bits per heavy atom. The molecule has 0 aliphatic heterocycles. The molecule has 1 aromatic heterocycles. The minimum atomic E-state index is -0.970. The van der Waals surface area contributed by atoms with Gasteiger partial charge in [-0.25, -0.2) is 0 Å². The molecule has 0 fully saturated rings. The lowest BCUT2D eigenvalue weighted by Gasteiger charge is -2.24. The van der Waals surface area contributed by atoms with Gasteiger partial charge in [-0.1, -0.05) is 33.6 Å². The first-order valence-electron chi connectivity index (χ1n) is 5.29. The molecule has 0 aliphatic carbocycles. The lowest BCUT2D eigenvalue weighted by Crippen LogP contribution is -2.24. The molecular formula is C13H11Br2ClOS. The first-order chi connectivity index (χ1) is 8.38. The molecule has 2 aromatic rings. The molecule has 96 valence electrons. The minimum Gasteiger partial charge on any atom is -0.385 e. The Balaban J connectivity index is 2.29. The van der Waals surface area contributed by atoms with Gasteiger partial charge in [-0.15, -0.1) is 11.3 Å². The van der Waals surface area contributed by atoms with Gasteiger partial charge < -0.3 is 5.11 Å².